The van der Waals surface area contributed by atoms with E-state index in [4.69, 9.17) is 20.4 Å². The molecule has 2 aromatic rings. The van der Waals surface area contributed by atoms with Crippen molar-refractivity contribution in [3.63, 3.8) is 0 Å². The number of nitrogens with zero attached hydrogens (tertiary/aromatic N) is 6. The monoisotopic (exact) mass is 715 g/mol. The fourth-order valence-corrected chi connectivity index (χ4v) is 7.64. The Morgan fingerprint density at radius 3 is 2.61 bits per heavy atom. The van der Waals surface area contributed by atoms with Gasteiger partial charge in [-0.2, -0.15) is 9.36 Å². The molecule has 0 aromatic carbocycles. The summed E-state index contributed by atoms with van der Waals surface area (Å²) in [5.41, 5.74) is 4.80. The van der Waals surface area contributed by atoms with Crippen LogP contribution in [0.4, 0.5) is 9.93 Å². The zero-order valence-corrected chi connectivity index (χ0v) is 28.0. The highest BCUT2D eigenvalue weighted by atomic mass is 32.2. The van der Waals surface area contributed by atoms with E-state index < -0.39 is 58.7 Å². The molecule has 4 rings (SSSR count). The number of carbonyl (C=O) groups is 5. The lowest BCUT2D eigenvalue weighted by Crippen LogP contribution is -2.71. The number of aliphatic carboxylic acids is 2. The van der Waals surface area contributed by atoms with E-state index >= 15 is 0 Å². The summed E-state index contributed by atoms with van der Waals surface area (Å²) in [5, 5.41) is 36.0. The number of alkyl carbamates (subject to hydrolysis) is 1. The van der Waals surface area contributed by atoms with Crippen molar-refractivity contribution >= 4 is 87.1 Å². The number of nitrogens with one attached hydrogen (secondary N) is 2. The lowest BCUT2D eigenvalue weighted by molar-refractivity contribution is -0.150. The van der Waals surface area contributed by atoms with Crippen molar-refractivity contribution < 1.29 is 43.8 Å². The summed E-state index contributed by atoms with van der Waals surface area (Å²) >= 11 is 4.59. The van der Waals surface area contributed by atoms with Gasteiger partial charge in [0.05, 0.1) is 0 Å². The highest BCUT2D eigenvalue weighted by Crippen LogP contribution is 2.41. The minimum absolute atomic E-state index is 0.0112. The van der Waals surface area contributed by atoms with Crippen molar-refractivity contribution in [1.29, 1.82) is 0 Å². The van der Waals surface area contributed by atoms with Gasteiger partial charge in [-0.05, 0) is 33.3 Å². The molecule has 0 bridgehead atoms. The number of anilines is 1. The fraction of sp³-hybridized carbons (Fsp3) is 0.500. The van der Waals surface area contributed by atoms with Crippen LogP contribution in [-0.4, -0.2) is 111 Å². The van der Waals surface area contributed by atoms with E-state index in [9.17, 15) is 29.1 Å². The standard InChI is InChI=1S/C24H29N9O9S4/c1-9(19(36)37)42-31-12(15-28-21(25)46-32-15)16(34)27-13-17(35)33-14(20(38)39)10(7-43-18(13)33)8-44-23-30-29-11(45-23)5-6-26-22(40)41-24(2,3)4/h9,13,18H,5-8H2,1-4H3,(H,26,40)(H,27,34)(H,36,37)(H,38,39)(H2,25,28,32)/b31-12-/t9?,13?,18-/m1/s1. The summed E-state index contributed by atoms with van der Waals surface area (Å²) in [6.45, 7) is 6.79. The Balaban J connectivity index is 1.38. The van der Waals surface area contributed by atoms with E-state index in [-0.39, 0.29) is 28.2 Å². The highest BCUT2D eigenvalue weighted by Gasteiger charge is 2.54. The molecule has 0 radical (unpaired) electrons. The van der Waals surface area contributed by atoms with Gasteiger partial charge in [0, 0.05) is 36.0 Å². The number of carboxylic acid groups (broad SMARTS) is 2. The number of thioether (sulfide) groups is 2. The van der Waals surface area contributed by atoms with Crippen molar-refractivity contribution in [2.75, 3.05) is 23.8 Å². The number of nitrogens with two attached hydrogens (primary N) is 1. The Kier molecular flexibility index (Phi) is 11.1. The van der Waals surface area contributed by atoms with Gasteiger partial charge in [0.1, 0.15) is 27.7 Å². The number of fused-ring (bicyclic) bond motifs is 1. The lowest BCUT2D eigenvalue weighted by atomic mass is 10.0. The van der Waals surface area contributed by atoms with Crippen molar-refractivity contribution in [2.24, 2.45) is 5.16 Å². The molecule has 22 heteroatoms. The maximum Gasteiger partial charge on any atom is 0.407 e. The third-order valence-electron chi connectivity index (χ3n) is 5.88. The van der Waals surface area contributed by atoms with Crippen LogP contribution in [0.25, 0.3) is 0 Å². The zero-order chi connectivity index (χ0) is 33.8. The Morgan fingerprint density at radius 1 is 1.24 bits per heavy atom. The van der Waals surface area contributed by atoms with E-state index in [1.165, 1.54) is 41.8 Å². The van der Waals surface area contributed by atoms with Crippen LogP contribution in [0.5, 0.6) is 0 Å². The van der Waals surface area contributed by atoms with Crippen LogP contribution < -0.4 is 16.4 Å². The summed E-state index contributed by atoms with van der Waals surface area (Å²) < 4.78 is 9.68. The number of oxime groups is 1. The molecule has 3 atom stereocenters. The molecule has 0 aliphatic carbocycles. The Morgan fingerprint density at radius 2 is 1.98 bits per heavy atom. The van der Waals surface area contributed by atoms with Crippen LogP contribution in [0.1, 0.15) is 38.5 Å². The van der Waals surface area contributed by atoms with Gasteiger partial charge in [-0.15, -0.1) is 22.0 Å². The van der Waals surface area contributed by atoms with E-state index in [0.717, 1.165) is 16.4 Å². The van der Waals surface area contributed by atoms with Crippen molar-refractivity contribution in [2.45, 2.75) is 61.6 Å². The van der Waals surface area contributed by atoms with Gasteiger partial charge in [0.2, 0.25) is 17.6 Å². The maximum atomic E-state index is 13.1. The molecule has 46 heavy (non-hydrogen) atoms. The van der Waals surface area contributed by atoms with E-state index in [1.54, 1.807) is 20.8 Å². The Hall–Kier alpha value is -4.02. The first kappa shape index (κ1) is 34.8. The molecule has 6 N–H and O–H groups in total. The van der Waals surface area contributed by atoms with Crippen LogP contribution in [-0.2, 0) is 35.2 Å². The van der Waals surface area contributed by atoms with Crippen LogP contribution in [0.3, 0.4) is 0 Å². The van der Waals surface area contributed by atoms with Crippen LogP contribution in [0.15, 0.2) is 20.8 Å². The van der Waals surface area contributed by atoms with Crippen LogP contribution in [0, 0.1) is 0 Å². The highest BCUT2D eigenvalue weighted by molar-refractivity contribution is 8.01. The minimum Gasteiger partial charge on any atom is -0.478 e. The average molecular weight is 716 g/mol. The van der Waals surface area contributed by atoms with Crippen LogP contribution in [0.2, 0.25) is 0 Å². The predicted octanol–water partition coefficient (Wildman–Crippen LogP) is 0.764. The number of hydrogen-bond donors (Lipinski definition) is 5. The van der Waals surface area contributed by atoms with E-state index in [2.05, 4.69) is 35.3 Å². The van der Waals surface area contributed by atoms with Gasteiger partial charge in [-0.3, -0.25) is 14.5 Å². The second kappa shape index (κ2) is 14.6. The molecule has 1 saturated heterocycles. The SMILES string of the molecule is CC(O/N=C(\C(=O)NC1C(=O)N2C(C(=O)O)=C(CSc3nnc(CCNC(=O)OC(C)(C)C)s3)CS[C@H]12)c1nsc(N)n1)C(=O)O. The van der Waals surface area contributed by atoms with Crippen LogP contribution >= 0.6 is 46.4 Å². The van der Waals surface area contributed by atoms with Crippen molar-refractivity contribution in [3.8, 4) is 0 Å². The number of carboxylic acids is 2. The van der Waals surface area contributed by atoms with Gasteiger partial charge in [-0.1, -0.05) is 28.3 Å². The van der Waals surface area contributed by atoms with E-state index in [0.29, 0.717) is 27.9 Å². The second-order valence-corrected chi connectivity index (χ2v) is 14.7. The molecule has 2 unspecified atom stereocenters. The first-order valence-corrected chi connectivity index (χ1v) is 17.0. The van der Waals surface area contributed by atoms with Gasteiger partial charge in [-0.25, -0.2) is 14.4 Å². The smallest absolute Gasteiger partial charge is 0.407 e. The Bertz CT molecular complexity index is 1590. The number of rotatable bonds is 13. The molecule has 0 saturated carbocycles. The summed E-state index contributed by atoms with van der Waals surface area (Å²) in [4.78, 5) is 71.3. The quantitative estimate of drug-likeness (QED) is 0.0830. The summed E-state index contributed by atoms with van der Waals surface area (Å²) in [6.07, 6.45) is -1.51. The summed E-state index contributed by atoms with van der Waals surface area (Å²) in [6, 6.07) is -1.11. The molecule has 2 aliphatic rings. The zero-order valence-electron chi connectivity index (χ0n) is 24.7. The molecule has 2 aromatic heterocycles. The van der Waals surface area contributed by atoms with Gasteiger partial charge in [0.25, 0.3) is 11.8 Å². The number of amides is 3. The lowest BCUT2D eigenvalue weighted by Gasteiger charge is -2.49. The maximum absolute atomic E-state index is 13.1. The van der Waals surface area contributed by atoms with E-state index in [1.807, 2.05) is 0 Å². The number of ether oxygens (including phenoxy) is 1. The molecule has 18 nitrogen and oxygen atoms in total. The molecule has 0 spiro atoms. The van der Waals surface area contributed by atoms with Crippen molar-refractivity contribution in [3.05, 3.63) is 22.1 Å². The topological polar surface area (TPSA) is 262 Å². The molecule has 1 fully saturated rings. The molecule has 2 aliphatic heterocycles. The average Bonchev–Trinajstić information content (AvgIpc) is 3.61. The predicted molar refractivity (Wildman–Crippen MR) is 167 cm³/mol. The molecule has 248 valence electrons. The molecule has 4 heterocycles. The minimum atomic E-state index is -1.40. The first-order chi connectivity index (χ1) is 21.6. The number of aromatic nitrogens is 4. The van der Waals surface area contributed by atoms with Crippen molar-refractivity contribution in [1.82, 2.24) is 35.1 Å². The normalized spacial score (nSPS) is 18.7. The Labute approximate surface area is 277 Å². The third kappa shape index (κ3) is 8.61. The summed E-state index contributed by atoms with van der Waals surface area (Å²) in [5.74, 6) is -3.99. The number of hydrogen-bond acceptors (Lipinski definition) is 17. The summed E-state index contributed by atoms with van der Waals surface area (Å²) in [7, 11) is 0. The third-order valence-corrected chi connectivity index (χ3v) is 9.96. The largest absolute Gasteiger partial charge is 0.478 e. The molecular formula is C24H29N9O9S4. The van der Waals surface area contributed by atoms with Gasteiger partial charge in [0.15, 0.2) is 9.47 Å². The molecular weight excluding hydrogens is 687 g/mol. The number of nitrogen functional groups attached to an aromatic ring is 1. The number of β-lactam (4-membered cyclic amide) rings is 1. The molecule has 3 amide bonds. The van der Waals surface area contributed by atoms with Gasteiger partial charge >= 0.3 is 18.0 Å². The fourth-order valence-electron chi connectivity index (χ4n) is 3.83. The van der Waals surface area contributed by atoms with Gasteiger partial charge < -0.3 is 36.2 Å². The number of carbonyl (C=O) groups excluding carboxylic acids is 3. The second-order valence-electron chi connectivity index (χ2n) is 10.5. The first-order valence-electron chi connectivity index (χ1n) is 13.3.